The molecule has 0 aromatic heterocycles. The van der Waals surface area contributed by atoms with Crippen LogP contribution in [0, 0.1) is 12.8 Å². The molecule has 1 radical (unpaired) electrons. The monoisotopic (exact) mass is 253 g/mol. The molecule has 0 saturated carbocycles. The highest BCUT2D eigenvalue weighted by molar-refractivity contribution is 4.61. The van der Waals surface area contributed by atoms with Crippen LogP contribution >= 0.6 is 0 Å². The third-order valence-corrected chi connectivity index (χ3v) is 3.93. The first kappa shape index (κ1) is 18.0. The summed E-state index contributed by atoms with van der Waals surface area (Å²) in [5.41, 5.74) is 0. The van der Waals surface area contributed by atoms with Crippen LogP contribution in [0.5, 0.6) is 0 Å². The molecular weight excluding hydrogens is 216 g/mol. The molecule has 0 bridgehead atoms. The highest BCUT2D eigenvalue weighted by Crippen LogP contribution is 2.17. The topological polar surface area (TPSA) is 0 Å². The Morgan fingerprint density at radius 1 is 0.556 bits per heavy atom. The molecule has 0 fully saturated rings. The summed E-state index contributed by atoms with van der Waals surface area (Å²) in [7, 11) is 0. The Balaban J connectivity index is 3.02. The second-order valence-electron chi connectivity index (χ2n) is 5.98. The summed E-state index contributed by atoms with van der Waals surface area (Å²) in [6.07, 6.45) is 19.8. The summed E-state index contributed by atoms with van der Waals surface area (Å²) >= 11 is 0. The molecule has 0 amide bonds. The van der Waals surface area contributed by atoms with E-state index in [2.05, 4.69) is 20.8 Å². The molecule has 0 aromatic carbocycles. The van der Waals surface area contributed by atoms with Gasteiger partial charge >= 0.3 is 0 Å². The lowest BCUT2D eigenvalue weighted by molar-refractivity contribution is 0.473. The Morgan fingerprint density at radius 3 is 1.44 bits per heavy atom. The van der Waals surface area contributed by atoms with Crippen molar-refractivity contribution in [2.45, 2.75) is 104 Å². The van der Waals surface area contributed by atoms with Crippen molar-refractivity contribution in [2.24, 2.45) is 5.92 Å². The van der Waals surface area contributed by atoms with Gasteiger partial charge in [-0.2, -0.15) is 0 Å². The Hall–Kier alpha value is 0. The van der Waals surface area contributed by atoms with E-state index < -0.39 is 0 Å². The molecule has 0 rings (SSSR count). The predicted molar refractivity (Wildman–Crippen MR) is 84.8 cm³/mol. The van der Waals surface area contributed by atoms with Crippen LogP contribution < -0.4 is 0 Å². The van der Waals surface area contributed by atoms with Crippen LogP contribution in [-0.2, 0) is 0 Å². The fourth-order valence-electron chi connectivity index (χ4n) is 2.56. The molecule has 0 heteroatoms. The third kappa shape index (κ3) is 14.1. The molecule has 109 valence electrons. The molecule has 0 aliphatic rings. The van der Waals surface area contributed by atoms with Gasteiger partial charge in [-0.05, 0) is 5.92 Å². The molecule has 0 aliphatic heterocycles. The van der Waals surface area contributed by atoms with Gasteiger partial charge in [0.15, 0.2) is 0 Å². The van der Waals surface area contributed by atoms with E-state index in [4.69, 9.17) is 0 Å². The summed E-state index contributed by atoms with van der Waals surface area (Å²) in [4.78, 5) is 0. The van der Waals surface area contributed by atoms with Gasteiger partial charge in [-0.1, -0.05) is 111 Å². The summed E-state index contributed by atoms with van der Waals surface area (Å²) in [5.74, 6) is 0.721. The van der Waals surface area contributed by atoms with E-state index in [9.17, 15) is 0 Å². The Labute approximate surface area is 117 Å². The van der Waals surface area contributed by atoms with Crippen LogP contribution in [-0.4, -0.2) is 0 Å². The largest absolute Gasteiger partial charge is 0.0654 e. The second kappa shape index (κ2) is 15.1. The molecule has 0 saturated heterocycles. The Kier molecular flexibility index (Phi) is 15.1. The standard InChI is InChI=1S/C18H37/c1-4-6-8-9-10-11-12-13-14-15-17-18(3)16-7-5-2/h18H,3-17H2,1-2H3. The van der Waals surface area contributed by atoms with Crippen molar-refractivity contribution in [3.8, 4) is 0 Å². The summed E-state index contributed by atoms with van der Waals surface area (Å²) < 4.78 is 0. The molecule has 0 aromatic rings. The van der Waals surface area contributed by atoms with Gasteiger partial charge in [0.2, 0.25) is 0 Å². The smallest absolute Gasteiger partial charge is 0.0414 e. The van der Waals surface area contributed by atoms with Gasteiger partial charge in [-0.25, -0.2) is 0 Å². The van der Waals surface area contributed by atoms with E-state index in [0.29, 0.717) is 0 Å². The van der Waals surface area contributed by atoms with Crippen molar-refractivity contribution in [3.63, 3.8) is 0 Å². The van der Waals surface area contributed by atoms with Gasteiger partial charge in [0.1, 0.15) is 0 Å². The SMILES string of the molecule is [CH2]C(CCCC)CCCCCCCCCCCC. The van der Waals surface area contributed by atoms with Crippen LogP contribution in [0.4, 0.5) is 0 Å². The van der Waals surface area contributed by atoms with Crippen LogP contribution in [0.2, 0.25) is 0 Å². The van der Waals surface area contributed by atoms with Crippen molar-refractivity contribution < 1.29 is 0 Å². The fraction of sp³-hybridized carbons (Fsp3) is 0.944. The average molecular weight is 253 g/mol. The maximum absolute atomic E-state index is 4.25. The second-order valence-corrected chi connectivity index (χ2v) is 5.98. The van der Waals surface area contributed by atoms with Crippen LogP contribution in [0.25, 0.3) is 0 Å². The van der Waals surface area contributed by atoms with Crippen molar-refractivity contribution in [1.82, 2.24) is 0 Å². The molecule has 0 N–H and O–H groups in total. The van der Waals surface area contributed by atoms with E-state index >= 15 is 0 Å². The number of unbranched alkanes of at least 4 members (excludes halogenated alkanes) is 10. The molecule has 0 aliphatic carbocycles. The third-order valence-electron chi connectivity index (χ3n) is 3.93. The van der Waals surface area contributed by atoms with Crippen molar-refractivity contribution in [2.75, 3.05) is 0 Å². The number of hydrogen-bond acceptors (Lipinski definition) is 0. The Morgan fingerprint density at radius 2 is 0.944 bits per heavy atom. The van der Waals surface area contributed by atoms with Gasteiger partial charge in [0, 0.05) is 0 Å². The van der Waals surface area contributed by atoms with Crippen LogP contribution in [0.1, 0.15) is 104 Å². The fourth-order valence-corrected chi connectivity index (χ4v) is 2.56. The maximum atomic E-state index is 4.25. The molecule has 18 heavy (non-hydrogen) atoms. The van der Waals surface area contributed by atoms with E-state index in [1.165, 1.54) is 89.9 Å². The minimum atomic E-state index is 0.721. The number of hydrogen-bond donors (Lipinski definition) is 0. The molecule has 1 unspecified atom stereocenters. The first-order chi connectivity index (χ1) is 8.81. The molecule has 0 spiro atoms. The van der Waals surface area contributed by atoms with Crippen LogP contribution in [0.15, 0.2) is 0 Å². The van der Waals surface area contributed by atoms with Gasteiger partial charge in [0.25, 0.3) is 0 Å². The molecule has 0 nitrogen and oxygen atoms in total. The lowest BCUT2D eigenvalue weighted by Crippen LogP contribution is -1.94. The molecule has 1 atom stereocenters. The highest BCUT2D eigenvalue weighted by atomic mass is 14.1. The van der Waals surface area contributed by atoms with Gasteiger partial charge in [-0.3, -0.25) is 0 Å². The van der Waals surface area contributed by atoms with Crippen LogP contribution in [0.3, 0.4) is 0 Å². The predicted octanol–water partition coefficient (Wildman–Crippen LogP) is 6.94. The lowest BCUT2D eigenvalue weighted by Gasteiger charge is -2.09. The van der Waals surface area contributed by atoms with Gasteiger partial charge in [0.05, 0.1) is 0 Å². The minimum absolute atomic E-state index is 0.721. The first-order valence-corrected chi connectivity index (χ1v) is 8.64. The minimum Gasteiger partial charge on any atom is -0.0654 e. The van der Waals surface area contributed by atoms with Crippen molar-refractivity contribution >= 4 is 0 Å². The average Bonchev–Trinajstić information content (AvgIpc) is 2.38. The van der Waals surface area contributed by atoms with E-state index in [0.717, 1.165) is 5.92 Å². The van der Waals surface area contributed by atoms with E-state index in [1.54, 1.807) is 0 Å². The highest BCUT2D eigenvalue weighted by Gasteiger charge is 2.01. The zero-order chi connectivity index (χ0) is 13.5. The van der Waals surface area contributed by atoms with Crippen molar-refractivity contribution in [3.05, 3.63) is 6.92 Å². The van der Waals surface area contributed by atoms with E-state index in [1.807, 2.05) is 0 Å². The lowest BCUT2D eigenvalue weighted by atomic mass is 9.97. The Bertz CT molecular complexity index is 139. The quantitative estimate of drug-likeness (QED) is 0.294. The van der Waals surface area contributed by atoms with Crippen molar-refractivity contribution in [1.29, 1.82) is 0 Å². The maximum Gasteiger partial charge on any atom is -0.0414 e. The normalized spacial score (nSPS) is 12.8. The molecule has 0 heterocycles. The zero-order valence-corrected chi connectivity index (χ0v) is 13.2. The van der Waals surface area contributed by atoms with Gasteiger partial charge in [-0.15, -0.1) is 0 Å². The van der Waals surface area contributed by atoms with Gasteiger partial charge < -0.3 is 0 Å². The number of rotatable bonds is 14. The summed E-state index contributed by atoms with van der Waals surface area (Å²) in [6, 6.07) is 0. The van der Waals surface area contributed by atoms with E-state index in [-0.39, 0.29) is 0 Å². The first-order valence-electron chi connectivity index (χ1n) is 8.64. The summed E-state index contributed by atoms with van der Waals surface area (Å²) in [5, 5.41) is 0. The molecular formula is C18H37. The zero-order valence-electron chi connectivity index (χ0n) is 13.2. The summed E-state index contributed by atoms with van der Waals surface area (Å²) in [6.45, 7) is 8.81.